The van der Waals surface area contributed by atoms with Crippen molar-refractivity contribution < 1.29 is 14.4 Å². The number of hydrogen-bond donors (Lipinski definition) is 1. The van der Waals surface area contributed by atoms with Crippen LogP contribution in [0.2, 0.25) is 5.02 Å². The standard InChI is InChI=1S/C21H29ClN4O3/c1-16(27)25-8-6-19(7-9-25)23-20(28)15-24-10-12-26(13-11-24)21(29)14-17-2-4-18(22)5-3-17/h2-5,19H,6-15H2,1H3,(H,23,28). The highest BCUT2D eigenvalue weighted by atomic mass is 35.5. The number of carbonyl (C=O) groups excluding carboxylic acids is 3. The third kappa shape index (κ3) is 6.44. The van der Waals surface area contributed by atoms with Crippen molar-refractivity contribution in [3.63, 3.8) is 0 Å². The minimum atomic E-state index is 0.0206. The molecule has 8 heteroatoms. The van der Waals surface area contributed by atoms with Crippen LogP contribution in [-0.2, 0) is 20.8 Å². The maximum absolute atomic E-state index is 12.5. The zero-order valence-electron chi connectivity index (χ0n) is 16.9. The molecule has 2 aliphatic rings. The van der Waals surface area contributed by atoms with Gasteiger partial charge in [-0.15, -0.1) is 0 Å². The fourth-order valence-electron chi connectivity index (χ4n) is 3.86. The predicted molar refractivity (Wildman–Crippen MR) is 112 cm³/mol. The summed E-state index contributed by atoms with van der Waals surface area (Å²) in [6.07, 6.45) is 1.98. The molecule has 0 bridgehead atoms. The van der Waals surface area contributed by atoms with Crippen LogP contribution in [0.3, 0.4) is 0 Å². The molecule has 3 rings (SSSR count). The van der Waals surface area contributed by atoms with E-state index in [9.17, 15) is 14.4 Å². The Morgan fingerprint density at radius 3 is 2.17 bits per heavy atom. The summed E-state index contributed by atoms with van der Waals surface area (Å²) >= 11 is 5.89. The van der Waals surface area contributed by atoms with Crippen LogP contribution in [0, 0.1) is 0 Å². The maximum Gasteiger partial charge on any atom is 0.234 e. The topological polar surface area (TPSA) is 73.0 Å². The highest BCUT2D eigenvalue weighted by molar-refractivity contribution is 6.30. The van der Waals surface area contributed by atoms with Crippen LogP contribution in [-0.4, -0.2) is 84.3 Å². The summed E-state index contributed by atoms with van der Waals surface area (Å²) in [5.41, 5.74) is 0.956. The van der Waals surface area contributed by atoms with Gasteiger partial charge >= 0.3 is 0 Å². The predicted octanol–water partition coefficient (Wildman–Crippen LogP) is 1.15. The molecule has 2 aliphatic heterocycles. The van der Waals surface area contributed by atoms with Gasteiger partial charge in [-0.3, -0.25) is 19.3 Å². The number of likely N-dealkylation sites (tertiary alicyclic amines) is 1. The van der Waals surface area contributed by atoms with Crippen LogP contribution in [0.25, 0.3) is 0 Å². The van der Waals surface area contributed by atoms with Crippen LogP contribution < -0.4 is 5.32 Å². The summed E-state index contributed by atoms with van der Waals surface area (Å²) in [5.74, 6) is 0.221. The number of amides is 3. The molecule has 158 valence electrons. The van der Waals surface area contributed by atoms with Gasteiger partial charge in [-0.2, -0.15) is 0 Å². The van der Waals surface area contributed by atoms with Gasteiger partial charge in [-0.25, -0.2) is 0 Å². The molecule has 7 nitrogen and oxygen atoms in total. The zero-order valence-corrected chi connectivity index (χ0v) is 17.7. The lowest BCUT2D eigenvalue weighted by atomic mass is 10.1. The van der Waals surface area contributed by atoms with Crippen LogP contribution >= 0.6 is 11.6 Å². The molecule has 0 atom stereocenters. The molecule has 2 saturated heterocycles. The minimum absolute atomic E-state index is 0.0206. The second kappa shape index (κ2) is 10.1. The minimum Gasteiger partial charge on any atom is -0.352 e. The molecule has 3 amide bonds. The molecule has 1 N–H and O–H groups in total. The summed E-state index contributed by atoms with van der Waals surface area (Å²) in [6.45, 7) is 6.01. The molecule has 0 aromatic heterocycles. The number of nitrogens with one attached hydrogen (secondary N) is 1. The second-order valence-corrected chi connectivity index (χ2v) is 8.24. The van der Waals surface area contributed by atoms with Crippen LogP contribution in [0.15, 0.2) is 24.3 Å². The highest BCUT2D eigenvalue weighted by Crippen LogP contribution is 2.13. The third-order valence-electron chi connectivity index (χ3n) is 5.67. The molecule has 29 heavy (non-hydrogen) atoms. The lowest BCUT2D eigenvalue weighted by molar-refractivity contribution is -0.132. The Hall–Kier alpha value is -2.12. The Labute approximate surface area is 177 Å². The first-order chi connectivity index (χ1) is 13.9. The fraction of sp³-hybridized carbons (Fsp3) is 0.571. The van der Waals surface area contributed by atoms with Gasteiger partial charge in [0.05, 0.1) is 13.0 Å². The van der Waals surface area contributed by atoms with Crippen LogP contribution in [0.5, 0.6) is 0 Å². The van der Waals surface area contributed by atoms with E-state index in [0.717, 1.165) is 18.4 Å². The molecule has 2 fully saturated rings. The van der Waals surface area contributed by atoms with Crippen molar-refractivity contribution in [3.05, 3.63) is 34.9 Å². The van der Waals surface area contributed by atoms with E-state index in [4.69, 9.17) is 11.6 Å². The van der Waals surface area contributed by atoms with Gasteiger partial charge in [-0.05, 0) is 30.5 Å². The second-order valence-electron chi connectivity index (χ2n) is 7.81. The maximum atomic E-state index is 12.5. The number of nitrogens with zero attached hydrogens (tertiary/aromatic N) is 3. The molecule has 0 spiro atoms. The quantitative estimate of drug-likeness (QED) is 0.775. The van der Waals surface area contributed by atoms with E-state index >= 15 is 0 Å². The van der Waals surface area contributed by atoms with E-state index in [1.54, 1.807) is 19.1 Å². The number of benzene rings is 1. The summed E-state index contributed by atoms with van der Waals surface area (Å²) in [6, 6.07) is 7.49. The lowest BCUT2D eigenvalue weighted by Gasteiger charge is -2.35. The summed E-state index contributed by atoms with van der Waals surface area (Å²) in [5, 5.41) is 3.75. The summed E-state index contributed by atoms with van der Waals surface area (Å²) < 4.78 is 0. The largest absolute Gasteiger partial charge is 0.352 e. The Morgan fingerprint density at radius 2 is 1.59 bits per heavy atom. The average molecular weight is 421 g/mol. The smallest absolute Gasteiger partial charge is 0.234 e. The van der Waals surface area contributed by atoms with Crippen molar-refractivity contribution in [2.45, 2.75) is 32.2 Å². The van der Waals surface area contributed by atoms with E-state index < -0.39 is 0 Å². The number of rotatable bonds is 5. The Bertz CT molecular complexity index is 724. The first-order valence-electron chi connectivity index (χ1n) is 10.2. The molecule has 0 saturated carbocycles. The van der Waals surface area contributed by atoms with Crippen LogP contribution in [0.1, 0.15) is 25.3 Å². The van der Waals surface area contributed by atoms with Crippen molar-refractivity contribution in [1.29, 1.82) is 0 Å². The van der Waals surface area contributed by atoms with Crippen molar-refractivity contribution in [3.8, 4) is 0 Å². The average Bonchev–Trinajstić information content (AvgIpc) is 2.70. The Kier molecular flexibility index (Phi) is 7.50. The molecule has 1 aromatic carbocycles. The fourth-order valence-corrected chi connectivity index (χ4v) is 3.99. The number of piperidine rings is 1. The Morgan fingerprint density at radius 1 is 0.966 bits per heavy atom. The molecule has 0 aliphatic carbocycles. The van der Waals surface area contributed by atoms with E-state index in [1.165, 1.54) is 0 Å². The lowest BCUT2D eigenvalue weighted by Crippen LogP contribution is -2.53. The molecule has 0 radical (unpaired) electrons. The van der Waals surface area contributed by atoms with E-state index in [0.29, 0.717) is 57.3 Å². The monoisotopic (exact) mass is 420 g/mol. The molecular weight excluding hydrogens is 392 g/mol. The summed E-state index contributed by atoms with van der Waals surface area (Å²) in [7, 11) is 0. The normalized spacial score (nSPS) is 18.6. The van der Waals surface area contributed by atoms with E-state index in [2.05, 4.69) is 10.2 Å². The first kappa shape index (κ1) is 21.6. The van der Waals surface area contributed by atoms with Gasteiger partial charge in [0, 0.05) is 57.3 Å². The molecule has 2 heterocycles. The Balaban J connectivity index is 1.36. The number of halogens is 1. The van der Waals surface area contributed by atoms with Gasteiger partial charge in [0.2, 0.25) is 17.7 Å². The number of hydrogen-bond acceptors (Lipinski definition) is 4. The van der Waals surface area contributed by atoms with Gasteiger partial charge < -0.3 is 15.1 Å². The van der Waals surface area contributed by atoms with E-state index in [-0.39, 0.29) is 23.8 Å². The third-order valence-corrected chi connectivity index (χ3v) is 5.92. The van der Waals surface area contributed by atoms with Gasteiger partial charge in [0.1, 0.15) is 0 Å². The molecule has 1 aromatic rings. The number of piperazine rings is 1. The van der Waals surface area contributed by atoms with Crippen molar-refractivity contribution >= 4 is 29.3 Å². The first-order valence-corrected chi connectivity index (χ1v) is 10.6. The van der Waals surface area contributed by atoms with Crippen molar-refractivity contribution in [2.24, 2.45) is 0 Å². The molecule has 0 unspecified atom stereocenters. The van der Waals surface area contributed by atoms with Crippen molar-refractivity contribution in [2.75, 3.05) is 45.8 Å². The zero-order chi connectivity index (χ0) is 20.8. The summed E-state index contributed by atoms with van der Waals surface area (Å²) in [4.78, 5) is 42.0. The van der Waals surface area contributed by atoms with Gasteiger partial charge in [-0.1, -0.05) is 23.7 Å². The SMILES string of the molecule is CC(=O)N1CCC(NC(=O)CN2CCN(C(=O)Cc3ccc(Cl)cc3)CC2)CC1. The molecular formula is C21H29ClN4O3. The van der Waals surface area contributed by atoms with Crippen molar-refractivity contribution in [1.82, 2.24) is 20.0 Å². The van der Waals surface area contributed by atoms with Gasteiger partial charge in [0.15, 0.2) is 0 Å². The van der Waals surface area contributed by atoms with Gasteiger partial charge in [0.25, 0.3) is 0 Å². The number of carbonyl (C=O) groups is 3. The van der Waals surface area contributed by atoms with E-state index in [1.807, 2.05) is 21.9 Å². The van der Waals surface area contributed by atoms with Crippen LogP contribution in [0.4, 0.5) is 0 Å². The highest BCUT2D eigenvalue weighted by Gasteiger charge is 2.25.